The van der Waals surface area contributed by atoms with Crippen molar-refractivity contribution < 1.29 is 19.7 Å². The van der Waals surface area contributed by atoms with Gasteiger partial charge in [0.1, 0.15) is 5.75 Å². The molecule has 0 saturated carbocycles. The number of thiophene rings is 1. The number of fused-ring (bicyclic) bond motifs is 1. The number of hydrogen-bond donors (Lipinski definition) is 2. The second-order valence-electron chi connectivity index (χ2n) is 8.83. The number of rotatable bonds is 8. The van der Waals surface area contributed by atoms with Crippen LogP contribution in [0.25, 0.3) is 10.9 Å². The van der Waals surface area contributed by atoms with Crippen LogP contribution in [0.1, 0.15) is 42.9 Å². The SMILES string of the molecule is COc1ccc2nccc([C@H](O)CC[C@@H]3CCN(CC#Cc4ccsc4)C[C@@H]3CC(=O)O)c2c1. The van der Waals surface area contributed by atoms with E-state index in [1.54, 1.807) is 24.6 Å². The van der Waals surface area contributed by atoms with Crippen LogP contribution in [0.3, 0.4) is 0 Å². The number of piperidine rings is 1. The summed E-state index contributed by atoms with van der Waals surface area (Å²) in [5.41, 5.74) is 2.68. The number of aliphatic hydroxyl groups is 1. The maximum atomic E-state index is 11.5. The summed E-state index contributed by atoms with van der Waals surface area (Å²) >= 11 is 1.63. The molecule has 0 spiro atoms. The van der Waals surface area contributed by atoms with Crippen LogP contribution < -0.4 is 4.74 Å². The molecule has 0 aliphatic carbocycles. The normalized spacial score (nSPS) is 19.4. The van der Waals surface area contributed by atoms with Crippen LogP contribution in [0, 0.1) is 23.7 Å². The van der Waals surface area contributed by atoms with Crippen molar-refractivity contribution in [2.45, 2.75) is 31.8 Å². The molecule has 2 aromatic heterocycles. The molecule has 1 saturated heterocycles. The molecule has 0 bridgehead atoms. The lowest BCUT2D eigenvalue weighted by Gasteiger charge is -2.37. The van der Waals surface area contributed by atoms with Crippen LogP contribution in [0.15, 0.2) is 47.3 Å². The number of aliphatic carboxylic acids is 1. The first-order valence-corrected chi connectivity index (χ1v) is 12.5. The summed E-state index contributed by atoms with van der Waals surface area (Å²) in [7, 11) is 1.62. The molecule has 0 amide bonds. The van der Waals surface area contributed by atoms with Crippen molar-refractivity contribution >= 4 is 28.2 Å². The Morgan fingerprint density at radius 3 is 2.97 bits per heavy atom. The number of ether oxygens (including phenoxy) is 1. The fraction of sp³-hybridized carbons (Fsp3) is 0.407. The number of carboxylic acid groups (broad SMARTS) is 1. The van der Waals surface area contributed by atoms with Crippen molar-refractivity contribution in [3.8, 4) is 17.6 Å². The van der Waals surface area contributed by atoms with Crippen molar-refractivity contribution in [2.24, 2.45) is 11.8 Å². The summed E-state index contributed by atoms with van der Waals surface area (Å²) < 4.78 is 5.34. The van der Waals surface area contributed by atoms with Gasteiger partial charge in [-0.05, 0) is 78.9 Å². The third kappa shape index (κ3) is 6.15. The van der Waals surface area contributed by atoms with Crippen molar-refractivity contribution in [3.63, 3.8) is 0 Å². The zero-order chi connectivity index (χ0) is 23.9. The van der Waals surface area contributed by atoms with Gasteiger partial charge in [-0.1, -0.05) is 11.8 Å². The van der Waals surface area contributed by atoms with E-state index in [9.17, 15) is 15.0 Å². The molecule has 6 nitrogen and oxygen atoms in total. The van der Waals surface area contributed by atoms with Gasteiger partial charge < -0.3 is 14.9 Å². The largest absolute Gasteiger partial charge is 0.497 e. The topological polar surface area (TPSA) is 82.9 Å². The Morgan fingerprint density at radius 2 is 2.21 bits per heavy atom. The first kappa shape index (κ1) is 24.2. The summed E-state index contributed by atoms with van der Waals surface area (Å²) in [4.78, 5) is 18.2. The Labute approximate surface area is 204 Å². The van der Waals surface area contributed by atoms with E-state index >= 15 is 0 Å². The highest BCUT2D eigenvalue weighted by Gasteiger charge is 2.31. The number of aliphatic hydroxyl groups excluding tert-OH is 1. The third-order valence-electron chi connectivity index (χ3n) is 6.62. The van der Waals surface area contributed by atoms with Gasteiger partial charge in [-0.15, -0.1) is 0 Å². The molecule has 1 aromatic carbocycles. The van der Waals surface area contributed by atoms with Crippen LogP contribution in [-0.4, -0.2) is 52.8 Å². The van der Waals surface area contributed by atoms with Gasteiger partial charge in [0.05, 0.1) is 25.3 Å². The quantitative estimate of drug-likeness (QED) is 0.461. The van der Waals surface area contributed by atoms with Gasteiger partial charge in [0, 0.05) is 35.5 Å². The number of likely N-dealkylation sites (tertiary alicyclic amines) is 1. The molecule has 0 radical (unpaired) electrons. The number of benzene rings is 1. The van der Waals surface area contributed by atoms with Crippen molar-refractivity contribution in [3.05, 3.63) is 58.4 Å². The minimum absolute atomic E-state index is 0.0516. The lowest BCUT2D eigenvalue weighted by molar-refractivity contribution is -0.139. The van der Waals surface area contributed by atoms with E-state index in [4.69, 9.17) is 4.74 Å². The highest BCUT2D eigenvalue weighted by molar-refractivity contribution is 7.08. The summed E-state index contributed by atoms with van der Waals surface area (Å²) in [5, 5.41) is 25.4. The van der Waals surface area contributed by atoms with Gasteiger partial charge in [-0.2, -0.15) is 11.3 Å². The maximum absolute atomic E-state index is 11.5. The molecule has 4 rings (SSSR count). The molecular formula is C27H30N2O4S. The molecular weight excluding hydrogens is 448 g/mol. The van der Waals surface area contributed by atoms with E-state index in [1.165, 1.54) is 0 Å². The van der Waals surface area contributed by atoms with Gasteiger partial charge in [0.2, 0.25) is 0 Å². The first-order valence-electron chi connectivity index (χ1n) is 11.6. The monoisotopic (exact) mass is 478 g/mol. The number of pyridine rings is 1. The molecule has 1 aliphatic rings. The molecule has 3 heterocycles. The molecule has 0 unspecified atom stereocenters. The lowest BCUT2D eigenvalue weighted by Crippen LogP contribution is -2.41. The van der Waals surface area contributed by atoms with Crippen LogP contribution in [0.2, 0.25) is 0 Å². The number of nitrogens with zero attached hydrogens (tertiary/aromatic N) is 2. The lowest BCUT2D eigenvalue weighted by atomic mass is 9.79. The zero-order valence-electron chi connectivity index (χ0n) is 19.3. The summed E-state index contributed by atoms with van der Waals surface area (Å²) in [6, 6.07) is 9.52. The summed E-state index contributed by atoms with van der Waals surface area (Å²) in [5.74, 6) is 6.67. The highest BCUT2D eigenvalue weighted by atomic mass is 32.1. The average Bonchev–Trinajstić information content (AvgIpc) is 3.36. The first-order chi connectivity index (χ1) is 16.5. The van der Waals surface area contributed by atoms with Crippen molar-refractivity contribution in [2.75, 3.05) is 26.7 Å². The van der Waals surface area contributed by atoms with Gasteiger partial charge >= 0.3 is 5.97 Å². The molecule has 1 aliphatic heterocycles. The van der Waals surface area contributed by atoms with Gasteiger partial charge in [-0.3, -0.25) is 14.7 Å². The predicted octanol–water partition coefficient (Wildman–Crippen LogP) is 4.58. The molecule has 1 fully saturated rings. The minimum Gasteiger partial charge on any atom is -0.497 e. The molecule has 3 aromatic rings. The van der Waals surface area contributed by atoms with E-state index in [1.807, 2.05) is 41.1 Å². The highest BCUT2D eigenvalue weighted by Crippen LogP contribution is 2.34. The van der Waals surface area contributed by atoms with Gasteiger partial charge in [0.15, 0.2) is 0 Å². The van der Waals surface area contributed by atoms with Crippen LogP contribution in [0.5, 0.6) is 5.75 Å². The van der Waals surface area contributed by atoms with Crippen LogP contribution >= 0.6 is 11.3 Å². The molecule has 178 valence electrons. The molecule has 7 heteroatoms. The van der Waals surface area contributed by atoms with Crippen molar-refractivity contribution in [1.29, 1.82) is 0 Å². The van der Waals surface area contributed by atoms with E-state index in [0.29, 0.717) is 13.0 Å². The Balaban J connectivity index is 1.39. The zero-order valence-corrected chi connectivity index (χ0v) is 20.1. The Bertz CT molecular complexity index is 1170. The summed E-state index contributed by atoms with van der Waals surface area (Å²) in [6.45, 7) is 2.26. The second kappa shape index (κ2) is 11.5. The number of carboxylic acids is 1. The number of carbonyl (C=O) groups is 1. The summed E-state index contributed by atoms with van der Waals surface area (Å²) in [6.07, 6.45) is 3.49. The number of methoxy groups -OCH3 is 1. The Kier molecular flexibility index (Phi) is 8.17. The fourth-order valence-electron chi connectivity index (χ4n) is 4.82. The number of aromatic nitrogens is 1. The van der Waals surface area contributed by atoms with E-state index in [0.717, 1.165) is 53.7 Å². The minimum atomic E-state index is -0.769. The van der Waals surface area contributed by atoms with E-state index in [-0.39, 0.29) is 18.3 Å². The molecule has 34 heavy (non-hydrogen) atoms. The smallest absolute Gasteiger partial charge is 0.303 e. The van der Waals surface area contributed by atoms with Crippen LogP contribution in [0.4, 0.5) is 0 Å². The average molecular weight is 479 g/mol. The third-order valence-corrected chi connectivity index (χ3v) is 7.30. The fourth-order valence-corrected chi connectivity index (χ4v) is 5.40. The van der Waals surface area contributed by atoms with Gasteiger partial charge in [0.25, 0.3) is 0 Å². The standard InChI is InChI=1S/C27H30N2O4S/c1-33-22-5-6-25-24(16-22)23(8-11-28-25)26(30)7-4-20-9-13-29(17-21(20)15-27(31)32)12-2-3-19-10-14-34-18-19/h5-6,8,10-11,14,16,18,20-21,26,30H,4,7,9,12-13,15,17H2,1H3,(H,31,32)/t20-,21+,26-/m1/s1. The number of hydrogen-bond acceptors (Lipinski definition) is 6. The van der Waals surface area contributed by atoms with E-state index < -0.39 is 12.1 Å². The van der Waals surface area contributed by atoms with Gasteiger partial charge in [-0.25, -0.2) is 0 Å². The Morgan fingerprint density at radius 1 is 1.32 bits per heavy atom. The molecule has 3 atom stereocenters. The second-order valence-corrected chi connectivity index (χ2v) is 9.61. The van der Waals surface area contributed by atoms with Crippen molar-refractivity contribution in [1.82, 2.24) is 9.88 Å². The predicted molar refractivity (Wildman–Crippen MR) is 134 cm³/mol. The van der Waals surface area contributed by atoms with E-state index in [2.05, 4.69) is 21.7 Å². The molecule has 2 N–H and O–H groups in total. The Hall–Kier alpha value is -2.92. The maximum Gasteiger partial charge on any atom is 0.303 e. The van der Waals surface area contributed by atoms with Crippen LogP contribution in [-0.2, 0) is 4.79 Å².